The van der Waals surface area contributed by atoms with E-state index in [0.717, 1.165) is 0 Å². The molecule has 2 N–H and O–H groups in total. The van der Waals surface area contributed by atoms with Crippen molar-refractivity contribution in [1.82, 2.24) is 0 Å². The Morgan fingerprint density at radius 2 is 2.13 bits per heavy atom. The van der Waals surface area contributed by atoms with Crippen LogP contribution in [0.25, 0.3) is 10.8 Å². The summed E-state index contributed by atoms with van der Waals surface area (Å²) in [5, 5.41) is 18.8. The predicted molar refractivity (Wildman–Crippen MR) is 51.4 cm³/mol. The van der Waals surface area contributed by atoms with E-state index in [9.17, 15) is 9.90 Å². The lowest BCUT2D eigenvalue weighted by Gasteiger charge is -1.97. The molecule has 0 bridgehead atoms. The van der Waals surface area contributed by atoms with E-state index in [-0.39, 0.29) is 5.76 Å². The van der Waals surface area contributed by atoms with E-state index in [1.54, 1.807) is 6.07 Å². The zero-order valence-corrected chi connectivity index (χ0v) is 7.85. The second-order valence-electron chi connectivity index (χ2n) is 2.95. The molecule has 0 aliphatic rings. The average Bonchev–Trinajstić information content (AvgIpc) is 2.56. The largest absolute Gasteiger partial charge is 0.497 e. The number of benzene rings is 1. The number of hydrogen-bond donors (Lipinski definition) is 2. The summed E-state index contributed by atoms with van der Waals surface area (Å²) >= 11 is 0. The maximum atomic E-state index is 10.7. The minimum absolute atomic E-state index is 0.273. The number of rotatable bonds is 2. The molecule has 0 aliphatic carbocycles. The predicted octanol–water partition coefficient (Wildman–Crippen LogP) is 1.85. The third-order valence-electron chi connectivity index (χ3n) is 2.09. The number of furan rings is 1. The maximum absolute atomic E-state index is 10.7. The van der Waals surface area contributed by atoms with Gasteiger partial charge in [-0.2, -0.15) is 0 Å². The SMILES string of the molecule is COc1ccc2c(C(=O)O)oc(O)c2c1. The zero-order chi connectivity index (χ0) is 11.0. The Bertz CT molecular complexity index is 526. The van der Waals surface area contributed by atoms with Crippen LogP contribution in [0.4, 0.5) is 0 Å². The van der Waals surface area contributed by atoms with Gasteiger partial charge in [-0.05, 0) is 18.2 Å². The fraction of sp³-hybridized carbons (Fsp3) is 0.100. The van der Waals surface area contributed by atoms with Gasteiger partial charge in [0.2, 0.25) is 5.76 Å². The molecule has 0 amide bonds. The van der Waals surface area contributed by atoms with Gasteiger partial charge in [0.05, 0.1) is 12.5 Å². The van der Waals surface area contributed by atoms with Crippen LogP contribution in [0, 0.1) is 0 Å². The lowest BCUT2D eigenvalue weighted by molar-refractivity contribution is 0.0659. The van der Waals surface area contributed by atoms with Crippen molar-refractivity contribution in [3.63, 3.8) is 0 Å². The maximum Gasteiger partial charge on any atom is 0.372 e. The average molecular weight is 208 g/mol. The molecule has 78 valence electrons. The molecule has 0 spiro atoms. The summed E-state index contributed by atoms with van der Waals surface area (Å²) in [6.45, 7) is 0. The second-order valence-corrected chi connectivity index (χ2v) is 2.95. The van der Waals surface area contributed by atoms with E-state index in [1.807, 2.05) is 0 Å². The van der Waals surface area contributed by atoms with Crippen molar-refractivity contribution in [2.75, 3.05) is 7.11 Å². The van der Waals surface area contributed by atoms with Gasteiger partial charge in [0, 0.05) is 5.39 Å². The topological polar surface area (TPSA) is 79.9 Å². The molecular formula is C10H8O5. The molecule has 0 unspecified atom stereocenters. The van der Waals surface area contributed by atoms with E-state index < -0.39 is 11.9 Å². The number of carboxylic acid groups (broad SMARTS) is 1. The highest BCUT2D eigenvalue weighted by atomic mass is 16.5. The van der Waals surface area contributed by atoms with E-state index in [4.69, 9.17) is 14.3 Å². The number of aromatic carboxylic acids is 1. The number of aromatic hydroxyl groups is 1. The van der Waals surface area contributed by atoms with Crippen molar-refractivity contribution in [1.29, 1.82) is 0 Å². The Balaban J connectivity index is 2.75. The highest BCUT2D eigenvalue weighted by molar-refractivity contribution is 6.03. The molecule has 5 nitrogen and oxygen atoms in total. The molecule has 0 aliphatic heterocycles. The first kappa shape index (κ1) is 9.39. The van der Waals surface area contributed by atoms with E-state index in [0.29, 0.717) is 16.5 Å². The number of methoxy groups -OCH3 is 1. The Kier molecular flexibility index (Phi) is 2.00. The lowest BCUT2D eigenvalue weighted by atomic mass is 10.1. The first-order valence-electron chi connectivity index (χ1n) is 4.16. The summed E-state index contributed by atoms with van der Waals surface area (Å²) < 4.78 is 9.67. The molecule has 5 heteroatoms. The smallest absolute Gasteiger partial charge is 0.372 e. The van der Waals surface area contributed by atoms with Crippen molar-refractivity contribution in [3.8, 4) is 11.7 Å². The molecule has 15 heavy (non-hydrogen) atoms. The number of ether oxygens (including phenoxy) is 1. The Hall–Kier alpha value is -2.17. The van der Waals surface area contributed by atoms with Crippen LogP contribution in [0.15, 0.2) is 22.6 Å². The molecule has 2 rings (SSSR count). The number of carbonyl (C=O) groups is 1. The van der Waals surface area contributed by atoms with Gasteiger partial charge in [0.25, 0.3) is 5.95 Å². The van der Waals surface area contributed by atoms with Crippen molar-refractivity contribution in [2.24, 2.45) is 0 Å². The van der Waals surface area contributed by atoms with E-state index >= 15 is 0 Å². The fourth-order valence-electron chi connectivity index (χ4n) is 1.39. The van der Waals surface area contributed by atoms with Crippen LogP contribution in [0.3, 0.4) is 0 Å². The Labute approximate surface area is 84.5 Å². The van der Waals surface area contributed by atoms with Crippen molar-refractivity contribution < 1.29 is 24.2 Å². The Morgan fingerprint density at radius 3 is 2.73 bits per heavy atom. The van der Waals surface area contributed by atoms with Crippen LogP contribution in [0.2, 0.25) is 0 Å². The van der Waals surface area contributed by atoms with E-state index in [2.05, 4.69) is 0 Å². The summed E-state index contributed by atoms with van der Waals surface area (Å²) in [7, 11) is 1.48. The highest BCUT2D eigenvalue weighted by Crippen LogP contribution is 2.33. The molecule has 1 aromatic heterocycles. The van der Waals surface area contributed by atoms with Crippen LogP contribution in [0.1, 0.15) is 10.6 Å². The first-order chi connectivity index (χ1) is 7.13. The molecule has 1 aromatic carbocycles. The number of hydrogen-bond acceptors (Lipinski definition) is 4. The van der Waals surface area contributed by atoms with Crippen molar-refractivity contribution >= 4 is 16.7 Å². The quantitative estimate of drug-likeness (QED) is 0.787. The van der Waals surface area contributed by atoms with Gasteiger partial charge in [0.15, 0.2) is 0 Å². The number of carboxylic acids is 1. The number of fused-ring (bicyclic) bond motifs is 1. The van der Waals surface area contributed by atoms with Gasteiger partial charge in [-0.15, -0.1) is 0 Å². The Morgan fingerprint density at radius 1 is 1.40 bits per heavy atom. The lowest BCUT2D eigenvalue weighted by Crippen LogP contribution is -1.93. The van der Waals surface area contributed by atoms with Crippen molar-refractivity contribution in [3.05, 3.63) is 24.0 Å². The molecule has 0 saturated carbocycles. The van der Waals surface area contributed by atoms with Gasteiger partial charge in [-0.3, -0.25) is 0 Å². The van der Waals surface area contributed by atoms with Crippen LogP contribution in [-0.4, -0.2) is 23.3 Å². The molecular weight excluding hydrogens is 200 g/mol. The van der Waals surface area contributed by atoms with Gasteiger partial charge in [-0.25, -0.2) is 4.79 Å². The summed E-state index contributed by atoms with van der Waals surface area (Å²) in [6, 6.07) is 4.64. The van der Waals surface area contributed by atoms with E-state index in [1.165, 1.54) is 19.2 Å². The normalized spacial score (nSPS) is 10.5. The van der Waals surface area contributed by atoms with Crippen LogP contribution >= 0.6 is 0 Å². The minimum atomic E-state index is -1.22. The van der Waals surface area contributed by atoms with Gasteiger partial charge < -0.3 is 19.4 Å². The summed E-state index contributed by atoms with van der Waals surface area (Å²) in [5.41, 5.74) is 0. The van der Waals surface area contributed by atoms with Crippen LogP contribution < -0.4 is 4.74 Å². The fourth-order valence-corrected chi connectivity index (χ4v) is 1.39. The standard InChI is InChI=1S/C10H8O5/c1-14-5-2-3-6-7(4-5)10(13)15-8(6)9(11)12/h2-4,13H,1H3,(H,11,12). The minimum Gasteiger partial charge on any atom is -0.497 e. The molecule has 0 saturated heterocycles. The monoisotopic (exact) mass is 208 g/mol. The first-order valence-corrected chi connectivity index (χ1v) is 4.16. The summed E-state index contributed by atoms with van der Waals surface area (Å²) in [4.78, 5) is 10.7. The van der Waals surface area contributed by atoms with Gasteiger partial charge in [-0.1, -0.05) is 0 Å². The molecule has 2 aromatic rings. The molecule has 1 heterocycles. The van der Waals surface area contributed by atoms with Crippen LogP contribution in [-0.2, 0) is 0 Å². The molecule has 0 fully saturated rings. The second kappa shape index (κ2) is 3.20. The van der Waals surface area contributed by atoms with Gasteiger partial charge >= 0.3 is 5.97 Å². The summed E-state index contributed by atoms with van der Waals surface area (Å²) in [5.74, 6) is -1.38. The third kappa shape index (κ3) is 1.38. The van der Waals surface area contributed by atoms with Crippen molar-refractivity contribution in [2.45, 2.75) is 0 Å². The van der Waals surface area contributed by atoms with Gasteiger partial charge in [0.1, 0.15) is 5.75 Å². The third-order valence-corrected chi connectivity index (χ3v) is 2.09. The summed E-state index contributed by atoms with van der Waals surface area (Å²) in [6.07, 6.45) is 0. The molecule has 0 radical (unpaired) electrons. The highest BCUT2D eigenvalue weighted by Gasteiger charge is 2.18. The zero-order valence-electron chi connectivity index (χ0n) is 7.85. The molecule has 0 atom stereocenters. The van der Waals surface area contributed by atoms with Crippen LogP contribution in [0.5, 0.6) is 11.7 Å².